The Bertz CT molecular complexity index is 500. The third-order valence-electron chi connectivity index (χ3n) is 4.63. The van der Waals surface area contributed by atoms with Crippen LogP contribution in [-0.2, 0) is 6.54 Å². The van der Waals surface area contributed by atoms with E-state index in [9.17, 15) is 5.11 Å². The number of nitrogens with one attached hydrogen (secondary N) is 1. The van der Waals surface area contributed by atoms with Gasteiger partial charge in [-0.2, -0.15) is 5.26 Å². The molecule has 0 amide bonds. The summed E-state index contributed by atoms with van der Waals surface area (Å²) in [4.78, 5) is 0. The maximum absolute atomic E-state index is 9.68. The summed E-state index contributed by atoms with van der Waals surface area (Å²) < 4.78 is 0. The zero-order chi connectivity index (χ0) is 13.9. The maximum Gasteiger partial charge on any atom is 0.0991 e. The Hall–Kier alpha value is -1.37. The summed E-state index contributed by atoms with van der Waals surface area (Å²) in [5.41, 5.74) is 1.87. The number of aliphatic hydroxyl groups excluding tert-OH is 1. The fourth-order valence-corrected chi connectivity index (χ4v) is 3.19. The second-order valence-electron chi connectivity index (χ2n) is 6.24. The van der Waals surface area contributed by atoms with Crippen molar-refractivity contribution < 1.29 is 5.11 Å². The summed E-state index contributed by atoms with van der Waals surface area (Å²) in [5, 5.41) is 22.3. The first-order chi connectivity index (χ1) is 9.81. The third-order valence-corrected chi connectivity index (χ3v) is 4.63. The van der Waals surface area contributed by atoms with Crippen molar-refractivity contribution in [3.63, 3.8) is 0 Å². The third kappa shape index (κ3) is 3.20. The Morgan fingerprint density at radius 2 is 2.00 bits per heavy atom. The van der Waals surface area contributed by atoms with E-state index in [1.165, 1.54) is 25.7 Å². The van der Waals surface area contributed by atoms with Gasteiger partial charge in [-0.3, -0.25) is 0 Å². The summed E-state index contributed by atoms with van der Waals surface area (Å²) in [6, 6.07) is 10.4. The van der Waals surface area contributed by atoms with Gasteiger partial charge >= 0.3 is 0 Å². The monoisotopic (exact) mass is 270 g/mol. The van der Waals surface area contributed by atoms with Crippen LogP contribution in [0.15, 0.2) is 24.3 Å². The predicted molar refractivity (Wildman–Crippen MR) is 77.8 cm³/mol. The molecule has 3 rings (SSSR count). The molecule has 2 N–H and O–H groups in total. The lowest BCUT2D eigenvalue weighted by Gasteiger charge is -2.27. The second kappa shape index (κ2) is 5.95. The molecule has 2 fully saturated rings. The lowest BCUT2D eigenvalue weighted by molar-refractivity contribution is 0.160. The van der Waals surface area contributed by atoms with Crippen LogP contribution in [-0.4, -0.2) is 17.8 Å². The molecule has 2 aliphatic carbocycles. The van der Waals surface area contributed by atoms with E-state index in [2.05, 4.69) is 17.5 Å². The zero-order valence-corrected chi connectivity index (χ0v) is 11.8. The Morgan fingerprint density at radius 1 is 1.25 bits per heavy atom. The van der Waals surface area contributed by atoms with E-state index in [1.54, 1.807) is 0 Å². The maximum atomic E-state index is 9.68. The fourth-order valence-electron chi connectivity index (χ4n) is 3.19. The number of hydrogen-bond acceptors (Lipinski definition) is 3. The van der Waals surface area contributed by atoms with Crippen LogP contribution in [0.25, 0.3) is 0 Å². The molecule has 2 aliphatic rings. The number of nitrogens with zero attached hydrogens (tertiary/aromatic N) is 1. The standard InChI is InChI=1S/C17H22N2O/c18-9-12-2-1-3-13(8-12)10-19-17(15-6-7-15)16(11-20)14-4-5-14/h1-3,8,14-17,19-20H,4-7,10-11H2. The highest BCUT2D eigenvalue weighted by Crippen LogP contribution is 2.45. The van der Waals surface area contributed by atoms with Crippen molar-refractivity contribution in [3.05, 3.63) is 35.4 Å². The van der Waals surface area contributed by atoms with Gasteiger partial charge in [-0.05, 0) is 55.2 Å². The Kier molecular flexibility index (Phi) is 4.05. The molecule has 0 aromatic heterocycles. The minimum atomic E-state index is 0.303. The molecule has 0 bridgehead atoms. The molecule has 1 aromatic carbocycles. The summed E-state index contributed by atoms with van der Waals surface area (Å²) in [6.07, 6.45) is 5.14. The predicted octanol–water partition coefficient (Wildman–Crippen LogP) is 2.44. The molecular formula is C17H22N2O. The lowest BCUT2D eigenvalue weighted by Crippen LogP contribution is -2.40. The Labute approximate surface area is 120 Å². The van der Waals surface area contributed by atoms with Gasteiger partial charge in [0, 0.05) is 25.1 Å². The van der Waals surface area contributed by atoms with Crippen molar-refractivity contribution in [2.45, 2.75) is 38.3 Å². The quantitative estimate of drug-likeness (QED) is 0.800. The largest absolute Gasteiger partial charge is 0.396 e. The minimum absolute atomic E-state index is 0.303. The van der Waals surface area contributed by atoms with Gasteiger partial charge in [0.05, 0.1) is 11.6 Å². The number of hydrogen-bond donors (Lipinski definition) is 2. The van der Waals surface area contributed by atoms with Crippen molar-refractivity contribution in [2.75, 3.05) is 6.61 Å². The molecule has 0 saturated heterocycles. The van der Waals surface area contributed by atoms with Gasteiger partial charge in [0.25, 0.3) is 0 Å². The molecular weight excluding hydrogens is 248 g/mol. The van der Waals surface area contributed by atoms with Crippen molar-refractivity contribution in [1.29, 1.82) is 5.26 Å². The number of nitriles is 1. The Morgan fingerprint density at radius 3 is 2.60 bits per heavy atom. The van der Waals surface area contributed by atoms with Gasteiger partial charge in [-0.25, -0.2) is 0 Å². The van der Waals surface area contributed by atoms with E-state index in [4.69, 9.17) is 5.26 Å². The van der Waals surface area contributed by atoms with Crippen molar-refractivity contribution in [2.24, 2.45) is 17.8 Å². The smallest absolute Gasteiger partial charge is 0.0991 e. The minimum Gasteiger partial charge on any atom is -0.396 e. The highest BCUT2D eigenvalue weighted by Gasteiger charge is 2.42. The molecule has 20 heavy (non-hydrogen) atoms. The molecule has 2 saturated carbocycles. The first kappa shape index (κ1) is 13.6. The molecule has 0 heterocycles. The summed E-state index contributed by atoms with van der Waals surface area (Å²) in [6.45, 7) is 1.09. The number of rotatable bonds is 7. The molecule has 0 radical (unpaired) electrons. The van der Waals surface area contributed by atoms with Crippen LogP contribution in [0, 0.1) is 29.1 Å². The SMILES string of the molecule is N#Cc1cccc(CNC(C2CC2)C(CO)C2CC2)c1. The van der Waals surface area contributed by atoms with Crippen molar-refractivity contribution in [1.82, 2.24) is 5.32 Å². The van der Waals surface area contributed by atoms with Gasteiger partial charge in [0.2, 0.25) is 0 Å². The first-order valence-corrected chi connectivity index (χ1v) is 7.65. The van der Waals surface area contributed by atoms with Gasteiger partial charge in [0.1, 0.15) is 0 Å². The van der Waals surface area contributed by atoms with Crippen molar-refractivity contribution >= 4 is 0 Å². The molecule has 0 aliphatic heterocycles. The highest BCUT2D eigenvalue weighted by molar-refractivity contribution is 5.32. The van der Waals surface area contributed by atoms with Gasteiger partial charge in [-0.15, -0.1) is 0 Å². The van der Waals surface area contributed by atoms with Crippen LogP contribution in [0.1, 0.15) is 36.8 Å². The number of aliphatic hydroxyl groups is 1. The van der Waals surface area contributed by atoms with Crippen LogP contribution in [0.5, 0.6) is 0 Å². The van der Waals surface area contributed by atoms with Crippen LogP contribution < -0.4 is 5.32 Å². The molecule has 3 nitrogen and oxygen atoms in total. The zero-order valence-electron chi connectivity index (χ0n) is 11.8. The van der Waals surface area contributed by atoms with Crippen molar-refractivity contribution in [3.8, 4) is 6.07 Å². The summed E-state index contributed by atoms with van der Waals surface area (Å²) >= 11 is 0. The molecule has 106 valence electrons. The van der Waals surface area contributed by atoms with Crippen LogP contribution in [0.2, 0.25) is 0 Å². The highest BCUT2D eigenvalue weighted by atomic mass is 16.3. The normalized spacial score (nSPS) is 21.2. The van der Waals surface area contributed by atoms with Crippen LogP contribution in [0.3, 0.4) is 0 Å². The van der Waals surface area contributed by atoms with Gasteiger partial charge in [-0.1, -0.05) is 12.1 Å². The molecule has 3 heteroatoms. The molecule has 2 unspecified atom stereocenters. The average Bonchev–Trinajstić information content (AvgIpc) is 3.36. The van der Waals surface area contributed by atoms with Gasteiger partial charge < -0.3 is 10.4 Å². The van der Waals surface area contributed by atoms with E-state index in [0.717, 1.165) is 23.9 Å². The van der Waals surface area contributed by atoms with E-state index < -0.39 is 0 Å². The molecule has 2 atom stereocenters. The van der Waals surface area contributed by atoms with E-state index in [0.29, 0.717) is 24.1 Å². The lowest BCUT2D eigenvalue weighted by atomic mass is 9.91. The molecule has 0 spiro atoms. The fraction of sp³-hybridized carbons (Fsp3) is 0.588. The topological polar surface area (TPSA) is 56.0 Å². The second-order valence-corrected chi connectivity index (χ2v) is 6.24. The van der Waals surface area contributed by atoms with E-state index in [-0.39, 0.29) is 0 Å². The number of benzene rings is 1. The molecule has 1 aromatic rings. The van der Waals surface area contributed by atoms with Gasteiger partial charge in [0.15, 0.2) is 0 Å². The Balaban J connectivity index is 1.63. The average molecular weight is 270 g/mol. The summed E-state index contributed by atoms with van der Waals surface area (Å²) in [5.74, 6) is 1.89. The first-order valence-electron chi connectivity index (χ1n) is 7.65. The van der Waals surface area contributed by atoms with E-state index >= 15 is 0 Å². The van der Waals surface area contributed by atoms with Crippen LogP contribution >= 0.6 is 0 Å². The van der Waals surface area contributed by atoms with E-state index in [1.807, 2.05) is 18.2 Å². The summed E-state index contributed by atoms with van der Waals surface area (Å²) in [7, 11) is 0. The van der Waals surface area contributed by atoms with Crippen LogP contribution in [0.4, 0.5) is 0 Å².